The molecule has 2 aliphatic carbocycles. The minimum atomic E-state index is 0.0728. The summed E-state index contributed by atoms with van der Waals surface area (Å²) in [6.07, 6.45) is 2.04. The number of carbonyl (C=O) groups excluding carboxylic acids is 2. The van der Waals surface area contributed by atoms with Crippen molar-refractivity contribution in [2.24, 2.45) is 11.8 Å². The van der Waals surface area contributed by atoms with E-state index in [1.165, 1.54) is 11.1 Å². The summed E-state index contributed by atoms with van der Waals surface area (Å²) in [5.74, 6) is 1.25. The van der Waals surface area contributed by atoms with Crippen LogP contribution in [0.25, 0.3) is 0 Å². The average molecular weight is 284 g/mol. The van der Waals surface area contributed by atoms with Crippen LogP contribution in [0.4, 0.5) is 0 Å². The normalized spacial score (nSPS) is 30.0. The molecule has 1 N–H and O–H groups in total. The molecular formula is C17H20N2O2. The van der Waals surface area contributed by atoms with E-state index in [2.05, 4.69) is 23.5 Å². The first-order valence-corrected chi connectivity index (χ1v) is 7.80. The Bertz CT molecular complexity index is 609. The number of amides is 2. The van der Waals surface area contributed by atoms with Gasteiger partial charge in [-0.1, -0.05) is 24.3 Å². The molecule has 4 rings (SSSR count). The highest BCUT2D eigenvalue weighted by molar-refractivity contribution is 5.81. The highest BCUT2D eigenvalue weighted by atomic mass is 16.2. The smallest absolute Gasteiger partial charge is 0.223 e. The van der Waals surface area contributed by atoms with Crippen LogP contribution >= 0.6 is 0 Å². The maximum absolute atomic E-state index is 12.2. The second kappa shape index (κ2) is 4.58. The lowest BCUT2D eigenvalue weighted by Crippen LogP contribution is -2.35. The quantitative estimate of drug-likeness (QED) is 0.900. The summed E-state index contributed by atoms with van der Waals surface area (Å²) in [5, 5.41) is 3.25. The Morgan fingerprint density at radius 2 is 1.86 bits per heavy atom. The molecule has 110 valence electrons. The lowest BCUT2D eigenvalue weighted by atomic mass is 9.94. The zero-order chi connectivity index (χ0) is 14.6. The van der Waals surface area contributed by atoms with E-state index < -0.39 is 0 Å². The van der Waals surface area contributed by atoms with Crippen molar-refractivity contribution < 1.29 is 9.59 Å². The third kappa shape index (κ3) is 2.04. The molecule has 3 atom stereocenters. The molecule has 0 unspecified atom stereocenters. The molecule has 1 aromatic rings. The van der Waals surface area contributed by atoms with Gasteiger partial charge in [0.25, 0.3) is 0 Å². The molecule has 4 heteroatoms. The first-order chi connectivity index (χ1) is 10.1. The zero-order valence-corrected chi connectivity index (χ0v) is 12.2. The van der Waals surface area contributed by atoms with Gasteiger partial charge in [0.05, 0.1) is 6.04 Å². The summed E-state index contributed by atoms with van der Waals surface area (Å²) in [5.41, 5.74) is 2.57. The number of carbonyl (C=O) groups is 2. The van der Waals surface area contributed by atoms with Crippen LogP contribution in [-0.2, 0) is 9.59 Å². The summed E-state index contributed by atoms with van der Waals surface area (Å²) in [7, 11) is 0. The van der Waals surface area contributed by atoms with E-state index in [-0.39, 0.29) is 23.8 Å². The fourth-order valence-corrected chi connectivity index (χ4v) is 3.92. The maximum atomic E-state index is 12.2. The summed E-state index contributed by atoms with van der Waals surface area (Å²) < 4.78 is 0. The molecular weight excluding hydrogens is 264 g/mol. The van der Waals surface area contributed by atoms with Crippen LogP contribution in [0.1, 0.15) is 42.9 Å². The Balaban J connectivity index is 1.64. The Morgan fingerprint density at radius 3 is 2.52 bits per heavy atom. The van der Waals surface area contributed by atoms with Crippen molar-refractivity contribution in [3.63, 3.8) is 0 Å². The number of rotatable bonds is 2. The molecule has 1 aliphatic heterocycles. The van der Waals surface area contributed by atoms with Crippen LogP contribution in [-0.4, -0.2) is 29.8 Å². The van der Waals surface area contributed by atoms with Gasteiger partial charge in [0.15, 0.2) is 0 Å². The van der Waals surface area contributed by atoms with Gasteiger partial charge in [-0.25, -0.2) is 0 Å². The van der Waals surface area contributed by atoms with E-state index in [1.807, 2.05) is 11.0 Å². The van der Waals surface area contributed by atoms with E-state index in [1.54, 1.807) is 6.92 Å². The molecule has 1 aromatic carbocycles. The number of hydrogen-bond acceptors (Lipinski definition) is 2. The number of benzene rings is 1. The van der Waals surface area contributed by atoms with Crippen molar-refractivity contribution >= 4 is 11.8 Å². The second-order valence-corrected chi connectivity index (χ2v) is 6.58. The van der Waals surface area contributed by atoms with Crippen LogP contribution in [0, 0.1) is 11.8 Å². The van der Waals surface area contributed by atoms with Crippen molar-refractivity contribution in [3.8, 4) is 0 Å². The van der Waals surface area contributed by atoms with Gasteiger partial charge in [0.1, 0.15) is 0 Å². The molecule has 2 amide bonds. The third-order valence-electron chi connectivity index (χ3n) is 5.22. The van der Waals surface area contributed by atoms with Crippen molar-refractivity contribution in [3.05, 3.63) is 35.4 Å². The monoisotopic (exact) mass is 284 g/mol. The maximum Gasteiger partial charge on any atom is 0.223 e. The molecule has 1 saturated carbocycles. The standard InChI is InChI=1S/C17H20N2O2/c1-10(20)19-8-14-12-4-2-3-5-13(12)16(15(14)9-19)18-17(21)11-6-7-11/h2-5,11,14-16H,6-9H2,1H3,(H,18,21)/t14-,15-,16-/m0/s1. The van der Waals surface area contributed by atoms with E-state index in [9.17, 15) is 9.59 Å². The van der Waals surface area contributed by atoms with Gasteiger partial charge >= 0.3 is 0 Å². The molecule has 0 aromatic heterocycles. The highest BCUT2D eigenvalue weighted by Gasteiger charge is 2.48. The molecule has 21 heavy (non-hydrogen) atoms. The van der Waals surface area contributed by atoms with E-state index >= 15 is 0 Å². The van der Waals surface area contributed by atoms with Gasteiger partial charge in [0, 0.05) is 37.8 Å². The minimum Gasteiger partial charge on any atom is -0.349 e. The number of nitrogens with one attached hydrogen (secondary N) is 1. The number of likely N-dealkylation sites (tertiary alicyclic amines) is 1. The summed E-state index contributed by atoms with van der Waals surface area (Å²) in [6, 6.07) is 8.45. The zero-order valence-electron chi connectivity index (χ0n) is 12.2. The highest BCUT2D eigenvalue weighted by Crippen LogP contribution is 2.49. The largest absolute Gasteiger partial charge is 0.349 e. The Hall–Kier alpha value is -1.84. The van der Waals surface area contributed by atoms with Crippen LogP contribution < -0.4 is 5.32 Å². The summed E-state index contributed by atoms with van der Waals surface area (Å²) in [4.78, 5) is 25.8. The Labute approximate surface area is 124 Å². The predicted molar refractivity (Wildman–Crippen MR) is 78.5 cm³/mol. The molecule has 1 heterocycles. The molecule has 3 aliphatic rings. The number of nitrogens with zero attached hydrogens (tertiary/aromatic N) is 1. The van der Waals surface area contributed by atoms with Crippen LogP contribution in [0.3, 0.4) is 0 Å². The van der Waals surface area contributed by atoms with Gasteiger partial charge in [-0.2, -0.15) is 0 Å². The van der Waals surface area contributed by atoms with Gasteiger partial charge in [0.2, 0.25) is 11.8 Å². The molecule has 4 nitrogen and oxygen atoms in total. The molecule has 0 bridgehead atoms. The van der Waals surface area contributed by atoms with E-state index in [0.717, 1.165) is 25.9 Å². The predicted octanol–water partition coefficient (Wildman–Crippen LogP) is 1.83. The van der Waals surface area contributed by atoms with Gasteiger partial charge in [-0.05, 0) is 24.0 Å². The topological polar surface area (TPSA) is 49.4 Å². The number of fused-ring (bicyclic) bond motifs is 3. The molecule has 1 saturated heterocycles. The fraction of sp³-hybridized carbons (Fsp3) is 0.529. The lowest BCUT2D eigenvalue weighted by Gasteiger charge is -2.22. The van der Waals surface area contributed by atoms with E-state index in [4.69, 9.17) is 0 Å². The van der Waals surface area contributed by atoms with Crippen molar-refractivity contribution in [2.75, 3.05) is 13.1 Å². The molecule has 0 spiro atoms. The SMILES string of the molecule is CC(=O)N1C[C@H]2[C@@H](C1)c1ccccc1[C@@H]2NC(=O)C1CC1. The van der Waals surface area contributed by atoms with Crippen molar-refractivity contribution in [1.29, 1.82) is 0 Å². The molecule has 2 fully saturated rings. The first-order valence-electron chi connectivity index (χ1n) is 7.80. The summed E-state index contributed by atoms with van der Waals surface area (Å²) in [6.45, 7) is 3.17. The number of hydrogen-bond donors (Lipinski definition) is 1. The van der Waals surface area contributed by atoms with Gasteiger partial charge in [-0.15, -0.1) is 0 Å². The Kier molecular flexibility index (Phi) is 2.81. The second-order valence-electron chi connectivity index (χ2n) is 6.58. The minimum absolute atomic E-state index is 0.0728. The average Bonchev–Trinajstić information content (AvgIpc) is 3.17. The van der Waals surface area contributed by atoms with E-state index in [0.29, 0.717) is 11.8 Å². The van der Waals surface area contributed by atoms with Crippen molar-refractivity contribution in [2.45, 2.75) is 31.7 Å². The lowest BCUT2D eigenvalue weighted by molar-refractivity contribution is -0.128. The van der Waals surface area contributed by atoms with Crippen LogP contribution in [0.15, 0.2) is 24.3 Å². The van der Waals surface area contributed by atoms with Crippen LogP contribution in [0.5, 0.6) is 0 Å². The third-order valence-corrected chi connectivity index (χ3v) is 5.22. The first kappa shape index (κ1) is 12.9. The summed E-state index contributed by atoms with van der Waals surface area (Å²) >= 11 is 0. The van der Waals surface area contributed by atoms with Crippen LogP contribution in [0.2, 0.25) is 0 Å². The van der Waals surface area contributed by atoms with Crippen molar-refractivity contribution in [1.82, 2.24) is 10.2 Å². The van der Waals surface area contributed by atoms with Gasteiger partial charge < -0.3 is 10.2 Å². The van der Waals surface area contributed by atoms with Gasteiger partial charge in [-0.3, -0.25) is 9.59 Å². The fourth-order valence-electron chi connectivity index (χ4n) is 3.92. The molecule has 0 radical (unpaired) electrons. The Morgan fingerprint density at radius 1 is 1.14 bits per heavy atom.